The lowest BCUT2D eigenvalue weighted by Crippen LogP contribution is -2.61. The molecule has 0 radical (unpaired) electrons. The van der Waals surface area contributed by atoms with Crippen molar-refractivity contribution in [2.45, 2.75) is 30.7 Å². The van der Waals surface area contributed by atoms with Gasteiger partial charge in [0.25, 0.3) is 0 Å². The highest BCUT2D eigenvalue weighted by Gasteiger charge is 2.52. The minimum absolute atomic E-state index is 0.510. The molecule has 5 rings (SSSR count). The third-order valence-corrected chi connectivity index (χ3v) is 7.01. The average Bonchev–Trinajstić information content (AvgIpc) is 3.00. The Morgan fingerprint density at radius 3 is 1.58 bits per heavy atom. The first kappa shape index (κ1) is 30.6. The van der Waals surface area contributed by atoms with Gasteiger partial charge in [0.1, 0.15) is 12.2 Å². The van der Waals surface area contributed by atoms with Crippen molar-refractivity contribution in [1.82, 2.24) is 0 Å². The molecule has 18 heteroatoms. The van der Waals surface area contributed by atoms with Crippen LogP contribution in [0.3, 0.4) is 0 Å². The van der Waals surface area contributed by atoms with Crippen molar-refractivity contribution in [1.29, 1.82) is 0 Å². The van der Waals surface area contributed by atoms with Gasteiger partial charge < -0.3 is 75.1 Å². The summed E-state index contributed by atoms with van der Waals surface area (Å²) in [5.41, 5.74) is -4.24. The second kappa shape index (κ2) is 11.0. The molecular formula is C27H22O18. The van der Waals surface area contributed by atoms with Crippen LogP contribution in [0.2, 0.25) is 0 Å². The summed E-state index contributed by atoms with van der Waals surface area (Å²) < 4.78 is 21.2. The highest BCUT2D eigenvalue weighted by molar-refractivity contribution is 6.08. The molecule has 2 heterocycles. The van der Waals surface area contributed by atoms with Crippen LogP contribution >= 0.6 is 0 Å². The summed E-state index contributed by atoms with van der Waals surface area (Å²) in [6.45, 7) is -1.04. The van der Waals surface area contributed by atoms with Crippen molar-refractivity contribution in [2.75, 3.05) is 6.61 Å². The van der Waals surface area contributed by atoms with Crippen molar-refractivity contribution in [3.63, 3.8) is 0 Å². The van der Waals surface area contributed by atoms with E-state index in [-0.39, 0.29) is 0 Å². The molecule has 45 heavy (non-hydrogen) atoms. The van der Waals surface area contributed by atoms with Crippen LogP contribution in [0.15, 0.2) is 24.3 Å². The minimum atomic E-state index is -2.19. The number of aliphatic hydroxyl groups is 2. The number of phenolic OH excluding ortho intramolecular Hbond substituents is 9. The van der Waals surface area contributed by atoms with Gasteiger partial charge >= 0.3 is 17.9 Å². The van der Waals surface area contributed by atoms with Crippen LogP contribution in [0.1, 0.15) is 31.1 Å². The zero-order valence-corrected chi connectivity index (χ0v) is 22.2. The van der Waals surface area contributed by atoms with Gasteiger partial charge in [-0.1, -0.05) is 0 Å². The fourth-order valence-corrected chi connectivity index (χ4v) is 4.79. The van der Waals surface area contributed by atoms with Crippen molar-refractivity contribution in [3.05, 3.63) is 41.0 Å². The van der Waals surface area contributed by atoms with Gasteiger partial charge in [0.15, 0.2) is 52.5 Å². The topological polar surface area (TPSA) is 311 Å². The van der Waals surface area contributed by atoms with Crippen LogP contribution < -0.4 is 0 Å². The third kappa shape index (κ3) is 4.97. The Morgan fingerprint density at radius 2 is 1.11 bits per heavy atom. The number of ether oxygens (including phenoxy) is 4. The van der Waals surface area contributed by atoms with E-state index in [4.69, 9.17) is 18.9 Å². The van der Waals surface area contributed by atoms with Crippen LogP contribution in [0, 0.1) is 0 Å². The molecule has 5 atom stereocenters. The lowest BCUT2D eigenvalue weighted by Gasteiger charge is -2.42. The average molecular weight is 634 g/mol. The zero-order valence-electron chi connectivity index (χ0n) is 22.2. The van der Waals surface area contributed by atoms with E-state index >= 15 is 0 Å². The summed E-state index contributed by atoms with van der Waals surface area (Å²) in [6, 6.07) is 2.40. The molecule has 238 valence electrons. The van der Waals surface area contributed by atoms with E-state index in [2.05, 4.69) is 0 Å². The zero-order chi connectivity index (χ0) is 33.1. The van der Waals surface area contributed by atoms with E-state index in [1.807, 2.05) is 0 Å². The van der Waals surface area contributed by atoms with E-state index < -0.39 is 135 Å². The van der Waals surface area contributed by atoms with Gasteiger partial charge in [-0.3, -0.25) is 0 Å². The summed E-state index contributed by atoms with van der Waals surface area (Å²) in [5.74, 6) is -14.8. The first-order valence-electron chi connectivity index (χ1n) is 12.5. The molecule has 2 bridgehead atoms. The molecule has 18 nitrogen and oxygen atoms in total. The molecule has 3 aromatic carbocycles. The molecule has 0 aliphatic carbocycles. The van der Waals surface area contributed by atoms with Gasteiger partial charge in [0.05, 0.1) is 23.3 Å². The predicted molar refractivity (Wildman–Crippen MR) is 139 cm³/mol. The van der Waals surface area contributed by atoms with Gasteiger partial charge in [0, 0.05) is 11.1 Å². The predicted octanol–water partition coefficient (Wildman–Crippen LogP) is -0.297. The molecule has 2 aliphatic rings. The number of carbonyl (C=O) groups excluding carboxylic acids is 3. The number of phenols is 9. The Morgan fingerprint density at radius 1 is 0.667 bits per heavy atom. The fraction of sp³-hybridized carbons (Fsp3) is 0.222. The Labute approximate surface area is 248 Å². The monoisotopic (exact) mass is 634 g/mol. The Kier molecular flexibility index (Phi) is 7.49. The SMILES string of the molecule is O=C(O[C@@H]1O[C@H](CO)[C@@H]2OC(=O)c3cc(O)c(O)c(O)c3-c3c(cc(O)c(O)c3O)C(=O)O[C@H]1[C@@H]2O)c1cc(O)c(O)c(O)c1. The number of aromatic hydroxyl groups is 9. The summed E-state index contributed by atoms with van der Waals surface area (Å²) in [6.07, 6.45) is -10.2. The van der Waals surface area contributed by atoms with Crippen LogP contribution in [0.5, 0.6) is 51.7 Å². The first-order valence-corrected chi connectivity index (χ1v) is 12.5. The van der Waals surface area contributed by atoms with Gasteiger partial charge in [-0.15, -0.1) is 0 Å². The maximum absolute atomic E-state index is 13.5. The Bertz CT molecular complexity index is 1730. The van der Waals surface area contributed by atoms with Crippen LogP contribution in [0.25, 0.3) is 11.1 Å². The lowest BCUT2D eigenvalue weighted by atomic mass is 9.92. The van der Waals surface area contributed by atoms with Gasteiger partial charge in [-0.2, -0.15) is 0 Å². The molecule has 0 spiro atoms. The van der Waals surface area contributed by atoms with E-state index in [1.54, 1.807) is 0 Å². The number of hydrogen-bond donors (Lipinski definition) is 11. The summed E-state index contributed by atoms with van der Waals surface area (Å²) in [4.78, 5) is 39.8. The number of hydrogen-bond acceptors (Lipinski definition) is 18. The van der Waals surface area contributed by atoms with Crippen LogP contribution in [-0.4, -0.2) is 111 Å². The largest absolute Gasteiger partial charge is 0.504 e. The normalized spacial score (nSPS) is 22.7. The van der Waals surface area contributed by atoms with Gasteiger partial charge in [-0.25, -0.2) is 14.4 Å². The molecule has 1 fully saturated rings. The molecular weight excluding hydrogens is 612 g/mol. The summed E-state index contributed by atoms with van der Waals surface area (Å²) >= 11 is 0. The first-order chi connectivity index (χ1) is 21.2. The number of rotatable bonds is 3. The highest BCUT2D eigenvalue weighted by Crippen LogP contribution is 2.53. The van der Waals surface area contributed by atoms with Crippen molar-refractivity contribution in [2.24, 2.45) is 0 Å². The van der Waals surface area contributed by atoms with Gasteiger partial charge in [0.2, 0.25) is 17.8 Å². The summed E-state index contributed by atoms with van der Waals surface area (Å²) in [7, 11) is 0. The maximum Gasteiger partial charge on any atom is 0.340 e. The van der Waals surface area contributed by atoms with Crippen molar-refractivity contribution < 1.29 is 89.5 Å². The smallest absolute Gasteiger partial charge is 0.340 e. The third-order valence-electron chi connectivity index (χ3n) is 7.01. The van der Waals surface area contributed by atoms with E-state index in [0.29, 0.717) is 24.3 Å². The fourth-order valence-electron chi connectivity index (χ4n) is 4.79. The van der Waals surface area contributed by atoms with Crippen molar-refractivity contribution >= 4 is 17.9 Å². The second-order valence-corrected chi connectivity index (χ2v) is 9.76. The number of esters is 3. The second-order valence-electron chi connectivity index (χ2n) is 9.76. The quantitative estimate of drug-likeness (QED) is 0.100. The molecule has 3 aromatic rings. The Hall–Kier alpha value is -5.85. The molecule has 0 aromatic heterocycles. The molecule has 1 saturated heterocycles. The van der Waals surface area contributed by atoms with E-state index in [0.717, 1.165) is 0 Å². The van der Waals surface area contributed by atoms with Crippen LogP contribution in [0.4, 0.5) is 0 Å². The number of fused-ring (bicyclic) bond motifs is 5. The van der Waals surface area contributed by atoms with Crippen LogP contribution in [-0.2, 0) is 18.9 Å². The van der Waals surface area contributed by atoms with E-state index in [9.17, 15) is 70.6 Å². The molecule has 0 unspecified atom stereocenters. The van der Waals surface area contributed by atoms with Crippen molar-refractivity contribution in [3.8, 4) is 62.9 Å². The lowest BCUT2D eigenvalue weighted by molar-refractivity contribution is -0.283. The minimum Gasteiger partial charge on any atom is -0.504 e. The molecule has 0 amide bonds. The maximum atomic E-state index is 13.5. The van der Waals surface area contributed by atoms with E-state index in [1.165, 1.54) is 0 Å². The summed E-state index contributed by atoms with van der Waals surface area (Å²) in [5, 5.41) is 112. The number of benzene rings is 3. The molecule has 0 saturated carbocycles. The molecule has 11 N–H and O–H groups in total. The van der Waals surface area contributed by atoms with Gasteiger partial charge in [-0.05, 0) is 24.3 Å². The standard InChI is InChI=1S/C27H22O18/c28-5-13-22-21(38)23(27(42-13)45-24(39)6-1-9(29)16(33)10(30)2-6)44-26(41)8-4-12(32)18(35)20(37)15(8)14-7(25(40)43-22)3-11(31)17(34)19(14)36/h1-4,13,21-23,27-38H,5H2/t13-,21-,22+,23+,27+/m1/s1. The molecule has 2 aliphatic heterocycles. The number of carbonyl (C=O) groups is 3. The Balaban J connectivity index is 1.67. The number of aliphatic hydroxyl groups excluding tert-OH is 2. The highest BCUT2D eigenvalue weighted by atomic mass is 16.7.